The molecular formula is C15H25N. The Labute approximate surface area is 100 Å². The average molecular weight is 219 g/mol. The number of fused-ring (bicyclic) bond motifs is 1. The van der Waals surface area contributed by atoms with Crippen LogP contribution in [-0.4, -0.2) is 6.54 Å². The summed E-state index contributed by atoms with van der Waals surface area (Å²) >= 11 is 0. The van der Waals surface area contributed by atoms with Crippen LogP contribution in [0.5, 0.6) is 0 Å². The Kier molecular flexibility index (Phi) is 6.17. The van der Waals surface area contributed by atoms with E-state index in [1.165, 1.54) is 31.2 Å². The quantitative estimate of drug-likeness (QED) is 0.790. The van der Waals surface area contributed by atoms with Crippen LogP contribution in [0.4, 0.5) is 0 Å². The summed E-state index contributed by atoms with van der Waals surface area (Å²) in [6.07, 6.45) is 4.96. The van der Waals surface area contributed by atoms with Crippen LogP contribution in [0.2, 0.25) is 0 Å². The van der Waals surface area contributed by atoms with Crippen LogP contribution in [0.25, 0.3) is 0 Å². The minimum Gasteiger partial charge on any atom is -0.310 e. The van der Waals surface area contributed by atoms with E-state index < -0.39 is 0 Å². The van der Waals surface area contributed by atoms with Gasteiger partial charge in [-0.2, -0.15) is 0 Å². The van der Waals surface area contributed by atoms with Crippen molar-refractivity contribution >= 4 is 0 Å². The third-order valence-corrected chi connectivity index (χ3v) is 2.79. The second kappa shape index (κ2) is 7.45. The van der Waals surface area contributed by atoms with E-state index in [9.17, 15) is 0 Å². The Balaban J connectivity index is 0.000000386. The maximum absolute atomic E-state index is 3.58. The molecule has 1 heterocycles. The fourth-order valence-corrected chi connectivity index (χ4v) is 2.14. The van der Waals surface area contributed by atoms with Gasteiger partial charge >= 0.3 is 0 Å². The van der Waals surface area contributed by atoms with Crippen LogP contribution in [0.3, 0.4) is 0 Å². The second-order valence-electron chi connectivity index (χ2n) is 4.45. The normalized spacial score (nSPS) is 18.3. The zero-order valence-electron chi connectivity index (χ0n) is 10.9. The maximum Gasteiger partial charge on any atom is 0.0323 e. The van der Waals surface area contributed by atoms with Crippen LogP contribution in [0, 0.1) is 0 Å². The molecule has 1 aromatic rings. The van der Waals surface area contributed by atoms with Crippen molar-refractivity contribution in [2.45, 2.75) is 52.5 Å². The zero-order chi connectivity index (χ0) is 11.8. The molecule has 0 aromatic heterocycles. The highest BCUT2D eigenvalue weighted by Gasteiger charge is 2.17. The summed E-state index contributed by atoms with van der Waals surface area (Å²) in [6, 6.07) is 9.43. The molecule has 0 saturated heterocycles. The molecule has 1 nitrogen and oxygen atoms in total. The van der Waals surface area contributed by atoms with E-state index in [1.54, 1.807) is 5.56 Å². The summed E-state index contributed by atoms with van der Waals surface area (Å²) in [7, 11) is 0. The van der Waals surface area contributed by atoms with Gasteiger partial charge in [0.2, 0.25) is 0 Å². The van der Waals surface area contributed by atoms with E-state index >= 15 is 0 Å². The number of hydrogen-bond donors (Lipinski definition) is 1. The van der Waals surface area contributed by atoms with Crippen LogP contribution in [0.1, 0.15) is 57.2 Å². The lowest BCUT2D eigenvalue weighted by atomic mass is 9.92. The molecule has 1 unspecified atom stereocenters. The molecule has 1 aromatic carbocycles. The minimum atomic E-state index is 0.606. The van der Waals surface area contributed by atoms with Gasteiger partial charge in [-0.15, -0.1) is 0 Å². The highest BCUT2D eigenvalue weighted by atomic mass is 14.9. The van der Waals surface area contributed by atoms with Crippen molar-refractivity contribution in [3.63, 3.8) is 0 Å². The third-order valence-electron chi connectivity index (χ3n) is 2.79. The largest absolute Gasteiger partial charge is 0.310 e. The van der Waals surface area contributed by atoms with Gasteiger partial charge in [0, 0.05) is 6.04 Å². The second-order valence-corrected chi connectivity index (χ2v) is 4.45. The zero-order valence-corrected chi connectivity index (χ0v) is 10.9. The van der Waals surface area contributed by atoms with Gasteiger partial charge in [-0.25, -0.2) is 0 Å². The first-order chi connectivity index (χ1) is 7.83. The Hall–Kier alpha value is -0.820. The molecule has 0 spiro atoms. The third kappa shape index (κ3) is 3.64. The van der Waals surface area contributed by atoms with Crippen LogP contribution in [0.15, 0.2) is 24.3 Å². The summed E-state index contributed by atoms with van der Waals surface area (Å²) in [5.41, 5.74) is 3.07. The SMILES string of the molecule is CCC.CCCC1NCCc2ccccc21. The smallest absolute Gasteiger partial charge is 0.0323 e. The first kappa shape index (κ1) is 13.2. The van der Waals surface area contributed by atoms with Gasteiger partial charge in [0.1, 0.15) is 0 Å². The summed E-state index contributed by atoms with van der Waals surface area (Å²) in [5.74, 6) is 0. The highest BCUT2D eigenvalue weighted by molar-refractivity contribution is 5.32. The van der Waals surface area contributed by atoms with Gasteiger partial charge < -0.3 is 5.32 Å². The molecule has 16 heavy (non-hydrogen) atoms. The summed E-state index contributed by atoms with van der Waals surface area (Å²) < 4.78 is 0. The van der Waals surface area contributed by atoms with Crippen molar-refractivity contribution in [3.05, 3.63) is 35.4 Å². The van der Waals surface area contributed by atoms with Gasteiger partial charge in [0.25, 0.3) is 0 Å². The minimum absolute atomic E-state index is 0.606. The number of benzene rings is 1. The standard InChI is InChI=1S/C12H17N.C3H8/c1-2-5-12-11-7-4-3-6-10(11)8-9-13-12;1-3-2/h3-4,6-7,12-13H,2,5,8-9H2,1H3;3H2,1-2H3. The molecular weight excluding hydrogens is 194 g/mol. The van der Waals surface area contributed by atoms with Gasteiger partial charge in [-0.3, -0.25) is 0 Å². The lowest BCUT2D eigenvalue weighted by Crippen LogP contribution is -2.29. The number of nitrogens with one attached hydrogen (secondary N) is 1. The highest BCUT2D eigenvalue weighted by Crippen LogP contribution is 2.25. The molecule has 0 fully saturated rings. The van der Waals surface area contributed by atoms with E-state index in [2.05, 4.69) is 50.4 Å². The Morgan fingerprint density at radius 2 is 1.88 bits per heavy atom. The lowest BCUT2D eigenvalue weighted by Gasteiger charge is -2.26. The number of hydrogen-bond acceptors (Lipinski definition) is 1. The lowest BCUT2D eigenvalue weighted by molar-refractivity contribution is 0.471. The number of rotatable bonds is 2. The maximum atomic E-state index is 3.58. The predicted octanol–water partition coefficient (Wildman–Crippen LogP) is 4.09. The topological polar surface area (TPSA) is 12.0 Å². The van der Waals surface area contributed by atoms with Crippen LogP contribution >= 0.6 is 0 Å². The van der Waals surface area contributed by atoms with Crippen molar-refractivity contribution < 1.29 is 0 Å². The molecule has 1 N–H and O–H groups in total. The van der Waals surface area contributed by atoms with Crippen LogP contribution in [-0.2, 0) is 6.42 Å². The molecule has 0 radical (unpaired) electrons. The molecule has 0 aliphatic carbocycles. The Morgan fingerprint density at radius 1 is 1.19 bits per heavy atom. The Bertz CT molecular complexity index is 293. The van der Waals surface area contributed by atoms with Gasteiger partial charge in [0.15, 0.2) is 0 Å². The van der Waals surface area contributed by atoms with Crippen molar-refractivity contribution in [3.8, 4) is 0 Å². The molecule has 0 bridgehead atoms. The monoisotopic (exact) mass is 219 g/mol. The molecule has 1 atom stereocenters. The van der Waals surface area contributed by atoms with Crippen molar-refractivity contribution in [2.75, 3.05) is 6.54 Å². The van der Waals surface area contributed by atoms with Crippen molar-refractivity contribution in [1.82, 2.24) is 5.32 Å². The molecule has 0 amide bonds. The van der Waals surface area contributed by atoms with Gasteiger partial charge in [0.05, 0.1) is 0 Å². The van der Waals surface area contributed by atoms with Crippen molar-refractivity contribution in [2.24, 2.45) is 0 Å². The first-order valence-electron chi connectivity index (χ1n) is 6.64. The summed E-state index contributed by atoms with van der Waals surface area (Å²) in [6.45, 7) is 7.64. The molecule has 1 aliphatic heterocycles. The predicted molar refractivity (Wildman–Crippen MR) is 71.8 cm³/mol. The van der Waals surface area contributed by atoms with E-state index in [0.717, 1.165) is 6.54 Å². The molecule has 0 saturated carbocycles. The van der Waals surface area contributed by atoms with E-state index in [0.29, 0.717) is 6.04 Å². The van der Waals surface area contributed by atoms with Gasteiger partial charge in [-0.1, -0.05) is 57.9 Å². The van der Waals surface area contributed by atoms with Gasteiger partial charge in [-0.05, 0) is 30.5 Å². The fraction of sp³-hybridized carbons (Fsp3) is 0.600. The molecule has 1 aliphatic rings. The van der Waals surface area contributed by atoms with Crippen molar-refractivity contribution in [1.29, 1.82) is 0 Å². The summed E-state index contributed by atoms with van der Waals surface area (Å²) in [5, 5.41) is 3.58. The average Bonchev–Trinajstić information content (AvgIpc) is 2.31. The molecule has 90 valence electrons. The molecule has 1 heteroatoms. The molecule has 2 rings (SSSR count). The van der Waals surface area contributed by atoms with Crippen LogP contribution < -0.4 is 5.32 Å². The fourth-order valence-electron chi connectivity index (χ4n) is 2.14. The van der Waals surface area contributed by atoms with E-state index in [1.807, 2.05) is 0 Å². The van der Waals surface area contributed by atoms with E-state index in [4.69, 9.17) is 0 Å². The summed E-state index contributed by atoms with van der Waals surface area (Å²) in [4.78, 5) is 0. The first-order valence-corrected chi connectivity index (χ1v) is 6.64. The van der Waals surface area contributed by atoms with E-state index in [-0.39, 0.29) is 0 Å². The Morgan fingerprint density at radius 3 is 2.56 bits per heavy atom.